The van der Waals surface area contributed by atoms with Crippen molar-refractivity contribution in [1.82, 2.24) is 0 Å². The third-order valence-electron chi connectivity index (χ3n) is 2.10. The number of hydrogen-bond donors (Lipinski definition) is 2. The molecule has 0 bridgehead atoms. The molecule has 0 amide bonds. The van der Waals surface area contributed by atoms with Crippen molar-refractivity contribution in [1.29, 1.82) is 0 Å². The van der Waals surface area contributed by atoms with Crippen LogP contribution < -0.4 is 17.0 Å². The molecule has 2 N–H and O–H groups in total. The van der Waals surface area contributed by atoms with Crippen LogP contribution in [0, 0.1) is 0 Å². The summed E-state index contributed by atoms with van der Waals surface area (Å²) in [5.41, 5.74) is 0. The van der Waals surface area contributed by atoms with Crippen LogP contribution in [0.15, 0.2) is 0 Å². The van der Waals surface area contributed by atoms with Gasteiger partial charge in [0.15, 0.2) is 12.5 Å². The fourth-order valence-electron chi connectivity index (χ4n) is 0.720. The first-order valence-electron chi connectivity index (χ1n) is 3.62. The van der Waals surface area contributed by atoms with Crippen LogP contribution >= 0.6 is 0 Å². The van der Waals surface area contributed by atoms with E-state index >= 15 is 0 Å². The fourth-order valence-corrected chi connectivity index (χ4v) is 0.720. The predicted octanol–water partition coefficient (Wildman–Crippen LogP) is -2.87. The normalized spacial score (nSPS) is 16.9. The molecule has 0 saturated carbocycles. The van der Waals surface area contributed by atoms with Gasteiger partial charge in [0.1, 0.15) is 0 Å². The minimum Gasteiger partial charge on any atom is -1.00 e. The largest absolute Gasteiger partial charge is 1.00 e. The highest BCUT2D eigenvalue weighted by molar-refractivity contribution is 4.37. The molecule has 3 nitrogen and oxygen atoms in total. The molecular formula is C7H18BrNO2. The van der Waals surface area contributed by atoms with Gasteiger partial charge in [0.2, 0.25) is 0 Å². The predicted molar refractivity (Wildman–Crippen MR) is 40.1 cm³/mol. The van der Waals surface area contributed by atoms with Crippen LogP contribution in [0.5, 0.6) is 0 Å². The zero-order valence-corrected chi connectivity index (χ0v) is 9.17. The van der Waals surface area contributed by atoms with Crippen LogP contribution in [0.4, 0.5) is 0 Å². The van der Waals surface area contributed by atoms with Crippen molar-refractivity contribution in [2.75, 3.05) is 14.1 Å². The first-order chi connectivity index (χ1) is 4.42. The first-order valence-corrected chi connectivity index (χ1v) is 3.62. The maximum Gasteiger partial charge on any atom is 0.191 e. The van der Waals surface area contributed by atoms with Gasteiger partial charge in [0.25, 0.3) is 0 Å². The molecule has 2 atom stereocenters. The molecule has 0 heterocycles. The third kappa shape index (κ3) is 3.51. The Morgan fingerprint density at radius 2 is 1.64 bits per heavy atom. The van der Waals surface area contributed by atoms with E-state index in [9.17, 15) is 10.2 Å². The van der Waals surface area contributed by atoms with Crippen molar-refractivity contribution in [2.45, 2.75) is 32.7 Å². The van der Waals surface area contributed by atoms with E-state index in [4.69, 9.17) is 0 Å². The maximum absolute atomic E-state index is 9.37. The summed E-state index contributed by atoms with van der Waals surface area (Å²) in [6, 6.07) is 0. The lowest BCUT2D eigenvalue weighted by molar-refractivity contribution is -0.976. The second-order valence-electron chi connectivity index (χ2n) is 3.15. The third-order valence-corrected chi connectivity index (χ3v) is 2.10. The van der Waals surface area contributed by atoms with E-state index in [0.717, 1.165) is 0 Å². The fraction of sp³-hybridized carbons (Fsp3) is 1.00. The Morgan fingerprint density at radius 3 is 1.73 bits per heavy atom. The van der Waals surface area contributed by atoms with Crippen LogP contribution in [0.3, 0.4) is 0 Å². The molecular weight excluding hydrogens is 210 g/mol. The van der Waals surface area contributed by atoms with Gasteiger partial charge in [-0.3, -0.25) is 4.48 Å². The number of quaternary nitrogens is 1. The number of nitrogens with zero attached hydrogens (tertiary/aromatic N) is 1. The van der Waals surface area contributed by atoms with Crippen molar-refractivity contribution in [3.05, 3.63) is 0 Å². The Hall–Kier alpha value is 0.360. The Bertz CT molecular complexity index is 107. The average molecular weight is 228 g/mol. The van der Waals surface area contributed by atoms with E-state index in [-0.39, 0.29) is 21.5 Å². The van der Waals surface area contributed by atoms with Gasteiger partial charge in [0, 0.05) is 13.3 Å². The molecule has 0 aromatic rings. The first kappa shape index (κ1) is 13.9. The highest BCUT2D eigenvalue weighted by atomic mass is 79.9. The van der Waals surface area contributed by atoms with Gasteiger partial charge < -0.3 is 27.2 Å². The van der Waals surface area contributed by atoms with E-state index < -0.39 is 12.5 Å². The van der Waals surface area contributed by atoms with E-state index in [0.29, 0.717) is 6.42 Å². The summed E-state index contributed by atoms with van der Waals surface area (Å²) in [7, 11) is 3.61. The molecule has 0 aliphatic carbocycles. The summed E-state index contributed by atoms with van der Waals surface area (Å²) in [5.74, 6) is 0. The van der Waals surface area contributed by atoms with Crippen molar-refractivity contribution in [3.63, 3.8) is 0 Å². The molecule has 2 unspecified atom stereocenters. The Balaban J connectivity index is 0. The van der Waals surface area contributed by atoms with Crippen molar-refractivity contribution >= 4 is 0 Å². The summed E-state index contributed by atoms with van der Waals surface area (Å²) < 4.78 is 0.247. The van der Waals surface area contributed by atoms with Gasteiger partial charge >= 0.3 is 0 Å². The molecule has 70 valence electrons. The van der Waals surface area contributed by atoms with E-state index in [1.807, 2.05) is 6.92 Å². The van der Waals surface area contributed by atoms with Crippen LogP contribution in [0.2, 0.25) is 0 Å². The molecule has 0 aromatic carbocycles. The molecule has 0 spiro atoms. The lowest BCUT2D eigenvalue weighted by Gasteiger charge is -2.36. The molecule has 11 heavy (non-hydrogen) atoms. The second kappa shape index (κ2) is 5.09. The van der Waals surface area contributed by atoms with Gasteiger partial charge in [0.05, 0.1) is 14.1 Å². The van der Waals surface area contributed by atoms with Crippen LogP contribution in [0.1, 0.15) is 20.3 Å². The quantitative estimate of drug-likeness (QED) is 0.403. The molecule has 0 saturated heterocycles. The summed E-state index contributed by atoms with van der Waals surface area (Å²) in [4.78, 5) is 0. The smallest absolute Gasteiger partial charge is 0.191 e. The van der Waals surface area contributed by atoms with Gasteiger partial charge in [-0.05, 0) is 0 Å². The zero-order chi connectivity index (χ0) is 8.36. The molecule has 0 aliphatic rings. The number of aliphatic hydroxyl groups is 2. The van der Waals surface area contributed by atoms with Gasteiger partial charge in [-0.1, -0.05) is 6.92 Å². The summed E-state index contributed by atoms with van der Waals surface area (Å²) in [6.45, 7) is 3.58. The Kier molecular flexibility index (Phi) is 6.43. The van der Waals surface area contributed by atoms with Crippen LogP contribution in [-0.4, -0.2) is 41.2 Å². The highest BCUT2D eigenvalue weighted by Gasteiger charge is 2.28. The molecule has 0 aliphatic heterocycles. The van der Waals surface area contributed by atoms with Crippen LogP contribution in [0.25, 0.3) is 0 Å². The van der Waals surface area contributed by atoms with Crippen molar-refractivity contribution in [2.24, 2.45) is 0 Å². The lowest BCUT2D eigenvalue weighted by atomic mass is 10.3. The molecule has 4 heteroatoms. The topological polar surface area (TPSA) is 40.5 Å². The molecule has 0 fully saturated rings. The Morgan fingerprint density at radius 1 is 1.27 bits per heavy atom. The lowest BCUT2D eigenvalue weighted by Crippen LogP contribution is -3.00. The van der Waals surface area contributed by atoms with Gasteiger partial charge in [-0.2, -0.15) is 0 Å². The number of aliphatic hydroxyl groups excluding tert-OH is 2. The van der Waals surface area contributed by atoms with E-state index in [1.165, 1.54) is 0 Å². The summed E-state index contributed by atoms with van der Waals surface area (Å²) in [6.07, 6.45) is -0.326. The van der Waals surface area contributed by atoms with Crippen molar-refractivity contribution < 1.29 is 31.7 Å². The highest BCUT2D eigenvalue weighted by Crippen LogP contribution is 2.10. The van der Waals surface area contributed by atoms with E-state index in [2.05, 4.69) is 0 Å². The summed E-state index contributed by atoms with van der Waals surface area (Å²) in [5, 5.41) is 18.6. The number of halogens is 1. The monoisotopic (exact) mass is 227 g/mol. The number of hydrogen-bond acceptors (Lipinski definition) is 2. The molecule has 0 rings (SSSR count). The summed E-state index contributed by atoms with van der Waals surface area (Å²) >= 11 is 0. The maximum atomic E-state index is 9.37. The minimum absolute atomic E-state index is 0. The molecule has 0 aromatic heterocycles. The SMILES string of the molecule is CCC(O)[N+](C)(C)C(C)O.[Br-]. The van der Waals surface area contributed by atoms with Crippen LogP contribution in [-0.2, 0) is 0 Å². The standard InChI is InChI=1S/C7H18NO2.BrH/c1-5-7(10)8(3,4)6(2)9;/h6-7,9-10H,5H2,1-4H3;1H/q+1;/p-1. The zero-order valence-electron chi connectivity index (χ0n) is 7.58. The van der Waals surface area contributed by atoms with Crippen molar-refractivity contribution in [3.8, 4) is 0 Å². The number of rotatable bonds is 3. The second-order valence-corrected chi connectivity index (χ2v) is 3.15. The average Bonchev–Trinajstić information content (AvgIpc) is 1.86. The van der Waals surface area contributed by atoms with E-state index in [1.54, 1.807) is 21.0 Å². The van der Waals surface area contributed by atoms with Gasteiger partial charge in [-0.15, -0.1) is 0 Å². The Labute approximate surface area is 79.0 Å². The minimum atomic E-state index is -0.519. The molecule has 0 radical (unpaired) electrons. The van der Waals surface area contributed by atoms with Gasteiger partial charge in [-0.25, -0.2) is 0 Å².